The van der Waals surface area contributed by atoms with E-state index < -0.39 is 0 Å². The van der Waals surface area contributed by atoms with E-state index >= 15 is 0 Å². The molecule has 0 aromatic heterocycles. The van der Waals surface area contributed by atoms with E-state index in [9.17, 15) is 0 Å². The second-order valence-corrected chi connectivity index (χ2v) is 2.86. The zero-order valence-corrected chi connectivity index (χ0v) is 10.2. The van der Waals surface area contributed by atoms with Crippen LogP contribution in [-0.2, 0) is 21.1 Å². The van der Waals surface area contributed by atoms with E-state index in [2.05, 4.69) is 36.2 Å². The van der Waals surface area contributed by atoms with Gasteiger partial charge in [0.25, 0.3) is 0 Å². The molecule has 1 rings (SSSR count). The molecule has 12 heavy (non-hydrogen) atoms. The summed E-state index contributed by atoms with van der Waals surface area (Å²) in [5.74, 6) is 0. The Kier molecular flexibility index (Phi) is 9.68. The summed E-state index contributed by atoms with van der Waals surface area (Å²) >= 11 is 0. The number of unbranched alkanes of at least 4 members (excludes halogenated alkanes) is 1. The molecule has 0 fully saturated rings. The minimum absolute atomic E-state index is 0. The number of rotatable bonds is 3. The van der Waals surface area contributed by atoms with Gasteiger partial charge in [0.05, 0.1) is 6.67 Å². The summed E-state index contributed by atoms with van der Waals surface area (Å²) in [5.41, 5.74) is 0. The Morgan fingerprint density at radius 2 is 2.00 bits per heavy atom. The van der Waals surface area contributed by atoms with E-state index in [1.165, 1.54) is 19.4 Å². The van der Waals surface area contributed by atoms with Crippen molar-refractivity contribution in [1.29, 1.82) is 0 Å². The van der Waals surface area contributed by atoms with E-state index in [-0.39, 0.29) is 32.0 Å². The number of hydrogen-bond donors (Lipinski definition) is 0. The van der Waals surface area contributed by atoms with Crippen LogP contribution in [0.2, 0.25) is 0 Å². The first-order chi connectivity index (χ1) is 4.83. The minimum atomic E-state index is 0. The van der Waals surface area contributed by atoms with Gasteiger partial charge in [-0.1, -0.05) is 13.3 Å². The first kappa shape index (κ1) is 14.8. The molecule has 1 aliphatic rings. The Balaban J connectivity index is 0. The van der Waals surface area contributed by atoms with Crippen LogP contribution < -0.4 is 0 Å². The van der Waals surface area contributed by atoms with Crippen LogP contribution in [0.25, 0.3) is 0 Å². The van der Waals surface area contributed by atoms with Crippen LogP contribution in [-0.4, -0.2) is 41.0 Å². The molecule has 0 aromatic rings. The van der Waals surface area contributed by atoms with Gasteiger partial charge in [-0.2, -0.15) is 0 Å². The van der Waals surface area contributed by atoms with Crippen molar-refractivity contribution in [1.82, 2.24) is 9.80 Å². The van der Waals surface area contributed by atoms with Gasteiger partial charge in [-0.3, -0.25) is 0 Å². The van der Waals surface area contributed by atoms with Crippen molar-refractivity contribution in [3.8, 4) is 0 Å². The van der Waals surface area contributed by atoms with Gasteiger partial charge in [-0.25, -0.2) is 0 Å². The average molecular weight is 356 g/mol. The fourth-order valence-corrected chi connectivity index (χ4v) is 1.10. The predicted molar refractivity (Wildman–Crippen MR) is 54.7 cm³/mol. The van der Waals surface area contributed by atoms with Gasteiger partial charge in [0.2, 0.25) is 0 Å². The molecule has 1 aliphatic heterocycles. The third kappa shape index (κ3) is 4.99. The predicted octanol–water partition coefficient (Wildman–Crippen LogP) is 0.00850. The average Bonchev–Trinajstić information content (AvgIpc) is 2.31. The summed E-state index contributed by atoms with van der Waals surface area (Å²) in [6.45, 7) is 4.50. The Bertz CT molecular complexity index is 130. The summed E-state index contributed by atoms with van der Waals surface area (Å²) in [6, 6.07) is 0. The molecule has 0 saturated heterocycles. The second-order valence-electron chi connectivity index (χ2n) is 2.86. The minimum Gasteiger partial charge on any atom is -0.362 e. The van der Waals surface area contributed by atoms with Gasteiger partial charge in [0.15, 0.2) is 0 Å². The van der Waals surface area contributed by atoms with Crippen molar-refractivity contribution in [2.75, 3.05) is 20.3 Å². The second kappa shape index (κ2) is 7.87. The molecule has 0 bridgehead atoms. The maximum atomic E-state index is 2.34. The van der Waals surface area contributed by atoms with Crippen LogP contribution >= 0.6 is 0 Å². The van der Waals surface area contributed by atoms with Crippen LogP contribution in [0.4, 0.5) is 0 Å². The molecule has 1 heterocycles. The van der Waals surface area contributed by atoms with Gasteiger partial charge in [-0.05, 0) is 17.4 Å². The van der Waals surface area contributed by atoms with Gasteiger partial charge in [0.1, 0.15) is 0 Å². The maximum Gasteiger partial charge on any atom is 0.0890 e. The molecule has 0 aromatic carbocycles. The van der Waals surface area contributed by atoms with E-state index in [1.807, 2.05) is 0 Å². The van der Waals surface area contributed by atoms with Crippen molar-refractivity contribution >= 4 is 11.0 Å². The summed E-state index contributed by atoms with van der Waals surface area (Å²) < 4.78 is 0. The molecular weight excluding hydrogens is 336 g/mol. The monoisotopic (exact) mass is 356 g/mol. The zero-order chi connectivity index (χ0) is 7.40. The quantitative estimate of drug-likeness (QED) is 0.658. The third-order valence-electron chi connectivity index (χ3n) is 1.74. The SMILES string of the molecule is CCCCN1C=CN(C)C1.[SiH4].[W]. The number of hydrogen-bond acceptors (Lipinski definition) is 2. The Hall–Kier alpha value is 0.245. The van der Waals surface area contributed by atoms with Crippen LogP contribution in [0.3, 0.4) is 0 Å². The smallest absolute Gasteiger partial charge is 0.0890 e. The molecule has 0 unspecified atom stereocenters. The Labute approximate surface area is 94.3 Å². The van der Waals surface area contributed by atoms with Crippen molar-refractivity contribution in [3.63, 3.8) is 0 Å². The molecule has 72 valence electrons. The van der Waals surface area contributed by atoms with E-state index in [1.54, 1.807) is 0 Å². The first-order valence-electron chi connectivity index (χ1n) is 3.95. The largest absolute Gasteiger partial charge is 0.362 e. The normalized spacial score (nSPS) is 14.2. The topological polar surface area (TPSA) is 6.48 Å². The van der Waals surface area contributed by atoms with E-state index in [4.69, 9.17) is 0 Å². The van der Waals surface area contributed by atoms with E-state index in [0.29, 0.717) is 0 Å². The van der Waals surface area contributed by atoms with Crippen molar-refractivity contribution in [2.45, 2.75) is 19.8 Å². The summed E-state index contributed by atoms with van der Waals surface area (Å²) in [7, 11) is 2.10. The van der Waals surface area contributed by atoms with Crippen molar-refractivity contribution in [3.05, 3.63) is 12.4 Å². The summed E-state index contributed by atoms with van der Waals surface area (Å²) in [5, 5.41) is 0. The fourth-order valence-electron chi connectivity index (χ4n) is 1.10. The standard InChI is InChI=1S/C8H16N2.H4Si.W/c1-3-4-5-10-7-6-9(2)8-10;;/h6-7H,3-5,8H2,1-2H3;1H4;. The molecular formula is C8H20N2SiW. The fraction of sp³-hybridized carbons (Fsp3) is 0.750. The molecule has 0 N–H and O–H groups in total. The third-order valence-corrected chi connectivity index (χ3v) is 1.74. The summed E-state index contributed by atoms with van der Waals surface area (Å²) in [4.78, 5) is 4.53. The van der Waals surface area contributed by atoms with Crippen molar-refractivity contribution in [2.24, 2.45) is 0 Å². The van der Waals surface area contributed by atoms with Crippen LogP contribution in [0, 0.1) is 0 Å². The molecule has 0 spiro atoms. The number of nitrogens with zero attached hydrogens (tertiary/aromatic N) is 2. The van der Waals surface area contributed by atoms with Gasteiger partial charge >= 0.3 is 0 Å². The molecule has 0 atom stereocenters. The molecule has 0 aliphatic carbocycles. The van der Waals surface area contributed by atoms with Gasteiger partial charge in [-0.15, -0.1) is 0 Å². The van der Waals surface area contributed by atoms with E-state index in [0.717, 1.165) is 6.67 Å². The Morgan fingerprint density at radius 3 is 2.42 bits per heavy atom. The zero-order valence-electron chi connectivity index (χ0n) is 7.29. The van der Waals surface area contributed by atoms with Crippen LogP contribution in [0.15, 0.2) is 12.4 Å². The van der Waals surface area contributed by atoms with Gasteiger partial charge < -0.3 is 9.80 Å². The van der Waals surface area contributed by atoms with Crippen molar-refractivity contribution < 1.29 is 21.1 Å². The summed E-state index contributed by atoms with van der Waals surface area (Å²) in [6.07, 6.45) is 6.87. The van der Waals surface area contributed by atoms with Crippen LogP contribution in [0.1, 0.15) is 19.8 Å². The maximum absolute atomic E-state index is 2.34. The Morgan fingerprint density at radius 1 is 1.33 bits per heavy atom. The molecule has 2 nitrogen and oxygen atoms in total. The first-order valence-corrected chi connectivity index (χ1v) is 3.95. The van der Waals surface area contributed by atoms with Gasteiger partial charge in [0, 0.05) is 47.1 Å². The molecule has 0 saturated carbocycles. The molecule has 0 amide bonds. The molecule has 0 radical (unpaired) electrons. The molecule has 4 heteroatoms. The van der Waals surface area contributed by atoms with Crippen LogP contribution in [0.5, 0.6) is 0 Å².